The molecule has 6 nitrogen and oxygen atoms in total. The van der Waals surface area contributed by atoms with E-state index in [2.05, 4.69) is 5.10 Å². The molecule has 2 heterocycles. The molecule has 0 radical (unpaired) electrons. The number of para-hydroxylation sites is 1. The predicted octanol–water partition coefficient (Wildman–Crippen LogP) is 2.82. The molecule has 2 atom stereocenters. The fourth-order valence-corrected chi connectivity index (χ4v) is 4.72. The van der Waals surface area contributed by atoms with E-state index in [-0.39, 0.29) is 11.8 Å². The number of benzene rings is 1. The van der Waals surface area contributed by atoms with Crippen molar-refractivity contribution in [2.24, 2.45) is 11.3 Å². The van der Waals surface area contributed by atoms with Gasteiger partial charge in [0.15, 0.2) is 0 Å². The highest BCUT2D eigenvalue weighted by atomic mass is 16.4. The molecular formula is C20H23N3O3. The van der Waals surface area contributed by atoms with Crippen molar-refractivity contribution >= 4 is 11.9 Å². The molecule has 1 aliphatic heterocycles. The zero-order valence-electron chi connectivity index (χ0n) is 15.1. The molecule has 2 fully saturated rings. The molecule has 2 aromatic rings. The highest BCUT2D eigenvalue weighted by Crippen LogP contribution is 2.49. The molecule has 4 rings (SSSR count). The summed E-state index contributed by atoms with van der Waals surface area (Å²) in [5, 5.41) is 14.3. The smallest absolute Gasteiger partial charge is 0.311 e. The van der Waals surface area contributed by atoms with Crippen molar-refractivity contribution in [1.29, 1.82) is 0 Å². The summed E-state index contributed by atoms with van der Waals surface area (Å²) in [5.41, 5.74) is 2.21. The Bertz CT molecular complexity index is 874. The number of carbonyl (C=O) groups excluding carboxylic acids is 1. The third kappa shape index (κ3) is 2.35. The molecule has 136 valence electrons. The molecule has 0 spiro atoms. The lowest BCUT2D eigenvalue weighted by Gasteiger charge is -2.23. The second-order valence-corrected chi connectivity index (χ2v) is 7.53. The summed E-state index contributed by atoms with van der Waals surface area (Å²) >= 11 is 0. The van der Waals surface area contributed by atoms with E-state index in [1.807, 2.05) is 44.2 Å². The number of amides is 1. The van der Waals surface area contributed by atoms with Gasteiger partial charge in [0.1, 0.15) is 0 Å². The topological polar surface area (TPSA) is 75.4 Å². The first kappa shape index (κ1) is 16.8. The van der Waals surface area contributed by atoms with Gasteiger partial charge in [-0.15, -0.1) is 0 Å². The minimum Gasteiger partial charge on any atom is -0.481 e. The van der Waals surface area contributed by atoms with Crippen LogP contribution in [0.4, 0.5) is 0 Å². The van der Waals surface area contributed by atoms with Gasteiger partial charge in [0, 0.05) is 13.1 Å². The summed E-state index contributed by atoms with van der Waals surface area (Å²) in [4.78, 5) is 26.8. The van der Waals surface area contributed by atoms with Crippen molar-refractivity contribution in [2.45, 2.75) is 33.1 Å². The Morgan fingerprint density at radius 3 is 2.62 bits per heavy atom. The van der Waals surface area contributed by atoms with Crippen molar-refractivity contribution < 1.29 is 14.7 Å². The maximum Gasteiger partial charge on any atom is 0.311 e. The lowest BCUT2D eigenvalue weighted by molar-refractivity contribution is -0.149. The Morgan fingerprint density at radius 1 is 1.23 bits per heavy atom. The summed E-state index contributed by atoms with van der Waals surface area (Å²) < 4.78 is 1.78. The number of carbonyl (C=O) groups is 2. The van der Waals surface area contributed by atoms with E-state index < -0.39 is 11.4 Å². The van der Waals surface area contributed by atoms with Crippen molar-refractivity contribution in [3.8, 4) is 5.69 Å². The van der Waals surface area contributed by atoms with Crippen LogP contribution in [0, 0.1) is 25.2 Å². The number of aromatic nitrogens is 2. The molecular weight excluding hydrogens is 330 g/mol. The molecule has 6 heteroatoms. The van der Waals surface area contributed by atoms with Crippen LogP contribution in [0.15, 0.2) is 30.3 Å². The van der Waals surface area contributed by atoms with E-state index in [4.69, 9.17) is 0 Å². The Hall–Kier alpha value is -2.63. The maximum absolute atomic E-state index is 13.2. The molecule has 1 amide bonds. The predicted molar refractivity (Wildman–Crippen MR) is 96.4 cm³/mol. The van der Waals surface area contributed by atoms with E-state index in [1.165, 1.54) is 0 Å². The van der Waals surface area contributed by atoms with E-state index >= 15 is 0 Å². The normalized spacial score (nSPS) is 24.7. The largest absolute Gasteiger partial charge is 0.481 e. The van der Waals surface area contributed by atoms with Gasteiger partial charge in [0.2, 0.25) is 0 Å². The number of hydrogen-bond donors (Lipinski definition) is 1. The lowest BCUT2D eigenvalue weighted by Crippen LogP contribution is -2.37. The minimum atomic E-state index is -0.760. The number of fused-ring (bicyclic) bond motifs is 1. The second-order valence-electron chi connectivity index (χ2n) is 7.53. The maximum atomic E-state index is 13.2. The third-order valence-corrected chi connectivity index (χ3v) is 6.09. The first-order chi connectivity index (χ1) is 12.4. The van der Waals surface area contributed by atoms with Crippen LogP contribution >= 0.6 is 0 Å². The number of nitrogens with zero attached hydrogens (tertiary/aromatic N) is 3. The summed E-state index contributed by atoms with van der Waals surface area (Å²) in [6.45, 7) is 4.56. The number of aliphatic carboxylic acids is 1. The van der Waals surface area contributed by atoms with Crippen LogP contribution in [-0.2, 0) is 4.79 Å². The molecule has 1 saturated carbocycles. The zero-order valence-corrected chi connectivity index (χ0v) is 15.1. The highest BCUT2D eigenvalue weighted by Gasteiger charge is 2.56. The van der Waals surface area contributed by atoms with Crippen molar-refractivity contribution in [2.75, 3.05) is 13.1 Å². The van der Waals surface area contributed by atoms with Gasteiger partial charge in [-0.1, -0.05) is 24.6 Å². The number of likely N-dealkylation sites (tertiary alicyclic amines) is 1. The van der Waals surface area contributed by atoms with E-state index in [9.17, 15) is 14.7 Å². The highest BCUT2D eigenvalue weighted by molar-refractivity contribution is 5.97. The van der Waals surface area contributed by atoms with Crippen molar-refractivity contribution in [1.82, 2.24) is 14.7 Å². The first-order valence-electron chi connectivity index (χ1n) is 9.08. The molecule has 0 unspecified atom stereocenters. The standard InChI is InChI=1S/C20H23N3O3/c1-13-17(14(2)23(21-13)16-8-4-3-5-9-16)18(24)22-11-15-7-6-10-20(15,12-22)19(25)26/h3-5,8-9,15H,6-7,10-12H2,1-2H3,(H,25,26)/t15-,20+/m0/s1. The molecule has 1 saturated heterocycles. The quantitative estimate of drug-likeness (QED) is 0.921. The number of hydrogen-bond acceptors (Lipinski definition) is 3. The van der Waals surface area contributed by atoms with Crippen LogP contribution in [0.1, 0.15) is 41.0 Å². The summed E-state index contributed by atoms with van der Waals surface area (Å²) in [6, 6.07) is 9.72. The summed E-state index contributed by atoms with van der Waals surface area (Å²) in [7, 11) is 0. The Kier molecular flexibility index (Phi) is 3.86. The van der Waals surface area contributed by atoms with Gasteiger partial charge in [-0.2, -0.15) is 5.10 Å². The van der Waals surface area contributed by atoms with Crippen LogP contribution in [0.5, 0.6) is 0 Å². The van der Waals surface area contributed by atoms with Gasteiger partial charge in [0.05, 0.1) is 28.1 Å². The monoisotopic (exact) mass is 353 g/mol. The van der Waals surface area contributed by atoms with Crippen molar-refractivity contribution in [3.63, 3.8) is 0 Å². The van der Waals surface area contributed by atoms with Gasteiger partial charge >= 0.3 is 5.97 Å². The molecule has 26 heavy (non-hydrogen) atoms. The first-order valence-corrected chi connectivity index (χ1v) is 9.08. The molecule has 1 aromatic heterocycles. The fourth-order valence-electron chi connectivity index (χ4n) is 4.72. The SMILES string of the molecule is Cc1nn(-c2ccccc2)c(C)c1C(=O)N1C[C@@H]2CCC[C@@]2(C(=O)O)C1. The van der Waals surface area contributed by atoms with E-state index in [0.717, 1.165) is 24.2 Å². The lowest BCUT2D eigenvalue weighted by atomic mass is 9.81. The van der Waals surface area contributed by atoms with E-state index in [1.54, 1.807) is 9.58 Å². The average molecular weight is 353 g/mol. The third-order valence-electron chi connectivity index (χ3n) is 6.09. The summed E-state index contributed by atoms with van der Waals surface area (Å²) in [6.07, 6.45) is 2.48. The van der Waals surface area contributed by atoms with Gasteiger partial charge < -0.3 is 10.0 Å². The molecule has 0 bridgehead atoms. The van der Waals surface area contributed by atoms with Crippen molar-refractivity contribution in [3.05, 3.63) is 47.3 Å². The van der Waals surface area contributed by atoms with Crippen LogP contribution in [0.3, 0.4) is 0 Å². The number of rotatable bonds is 3. The minimum absolute atomic E-state index is 0.0636. The van der Waals surface area contributed by atoms with Crippen LogP contribution < -0.4 is 0 Å². The van der Waals surface area contributed by atoms with Crippen LogP contribution in [0.2, 0.25) is 0 Å². The second kappa shape index (κ2) is 5.97. The number of carboxylic acid groups (broad SMARTS) is 1. The number of aryl methyl sites for hydroxylation is 1. The van der Waals surface area contributed by atoms with Gasteiger partial charge in [-0.05, 0) is 44.7 Å². The molecule has 1 aliphatic carbocycles. The van der Waals surface area contributed by atoms with Gasteiger partial charge in [-0.3, -0.25) is 9.59 Å². The Morgan fingerprint density at radius 2 is 1.96 bits per heavy atom. The zero-order chi connectivity index (χ0) is 18.5. The fraction of sp³-hybridized carbons (Fsp3) is 0.450. The van der Waals surface area contributed by atoms with Gasteiger partial charge in [-0.25, -0.2) is 4.68 Å². The Balaban J connectivity index is 1.66. The molecule has 2 aliphatic rings. The summed E-state index contributed by atoms with van der Waals surface area (Å²) in [5.74, 6) is -0.797. The Labute approximate surface area is 152 Å². The van der Waals surface area contributed by atoms with Crippen LogP contribution in [0.25, 0.3) is 5.69 Å². The van der Waals surface area contributed by atoms with E-state index in [0.29, 0.717) is 30.8 Å². The molecule has 1 N–H and O–H groups in total. The average Bonchev–Trinajstić information content (AvgIpc) is 3.26. The number of carboxylic acids is 1. The van der Waals surface area contributed by atoms with Gasteiger partial charge in [0.25, 0.3) is 5.91 Å². The van der Waals surface area contributed by atoms with Crippen LogP contribution in [-0.4, -0.2) is 44.8 Å². The molecule has 1 aromatic carbocycles.